The van der Waals surface area contributed by atoms with E-state index in [-0.39, 0.29) is 11.8 Å². The minimum Gasteiger partial charge on any atom is -0.497 e. The largest absolute Gasteiger partial charge is 0.497 e. The molecule has 0 bridgehead atoms. The topological polar surface area (TPSA) is 67.9 Å². The number of hydrogen-bond donors (Lipinski definition) is 1. The number of nitrogens with one attached hydrogen (secondary N) is 1. The number of carbonyl (C=O) groups is 2. The summed E-state index contributed by atoms with van der Waals surface area (Å²) in [4.78, 5) is 25.9. The van der Waals surface area contributed by atoms with Crippen molar-refractivity contribution in [1.82, 2.24) is 5.32 Å². The third-order valence-electron chi connectivity index (χ3n) is 3.96. The third-order valence-corrected chi connectivity index (χ3v) is 3.96. The second kappa shape index (κ2) is 8.89. The molecule has 0 atom stereocenters. The SMILES string of the molecule is COc1ccc(OC)c(N(CCNC(=O)c2cccc(C)c2)C(C)=O)c1. The molecule has 0 saturated carbocycles. The lowest BCUT2D eigenvalue weighted by molar-refractivity contribution is -0.116. The number of ether oxygens (including phenoxy) is 2. The molecule has 2 rings (SSSR count). The van der Waals surface area contributed by atoms with E-state index in [2.05, 4.69) is 5.32 Å². The van der Waals surface area contributed by atoms with Gasteiger partial charge < -0.3 is 19.7 Å². The number of rotatable bonds is 7. The maximum atomic E-state index is 12.2. The minimum absolute atomic E-state index is 0.152. The Labute approximate surface area is 153 Å². The first-order chi connectivity index (χ1) is 12.5. The highest BCUT2D eigenvalue weighted by molar-refractivity contribution is 5.95. The lowest BCUT2D eigenvalue weighted by Crippen LogP contribution is -2.37. The van der Waals surface area contributed by atoms with E-state index < -0.39 is 0 Å². The predicted molar refractivity (Wildman–Crippen MR) is 101 cm³/mol. The Balaban J connectivity index is 2.10. The van der Waals surface area contributed by atoms with Crippen molar-refractivity contribution in [1.29, 1.82) is 0 Å². The van der Waals surface area contributed by atoms with Crippen LogP contribution in [0.1, 0.15) is 22.8 Å². The molecule has 0 aliphatic carbocycles. The second-order valence-corrected chi connectivity index (χ2v) is 5.83. The van der Waals surface area contributed by atoms with E-state index in [9.17, 15) is 9.59 Å². The van der Waals surface area contributed by atoms with Gasteiger partial charge in [-0.15, -0.1) is 0 Å². The first-order valence-corrected chi connectivity index (χ1v) is 8.31. The van der Waals surface area contributed by atoms with Gasteiger partial charge in [0, 0.05) is 31.6 Å². The fraction of sp³-hybridized carbons (Fsp3) is 0.300. The highest BCUT2D eigenvalue weighted by Gasteiger charge is 2.17. The molecule has 0 spiro atoms. The summed E-state index contributed by atoms with van der Waals surface area (Å²) < 4.78 is 10.6. The highest BCUT2D eigenvalue weighted by Crippen LogP contribution is 2.32. The quantitative estimate of drug-likeness (QED) is 0.828. The lowest BCUT2D eigenvalue weighted by atomic mass is 10.1. The standard InChI is InChI=1S/C20H24N2O4/c1-14-6-5-7-16(12-14)20(24)21-10-11-22(15(2)23)18-13-17(25-3)8-9-19(18)26-4/h5-9,12-13H,10-11H2,1-4H3,(H,21,24). The maximum absolute atomic E-state index is 12.2. The van der Waals surface area contributed by atoms with E-state index in [4.69, 9.17) is 9.47 Å². The van der Waals surface area contributed by atoms with Gasteiger partial charge in [-0.25, -0.2) is 0 Å². The van der Waals surface area contributed by atoms with Gasteiger partial charge in [0.05, 0.1) is 19.9 Å². The highest BCUT2D eigenvalue weighted by atomic mass is 16.5. The maximum Gasteiger partial charge on any atom is 0.251 e. The predicted octanol–water partition coefficient (Wildman–Crippen LogP) is 2.80. The average molecular weight is 356 g/mol. The Hall–Kier alpha value is -3.02. The van der Waals surface area contributed by atoms with Gasteiger partial charge in [0.25, 0.3) is 5.91 Å². The van der Waals surface area contributed by atoms with Crippen LogP contribution in [0.25, 0.3) is 0 Å². The van der Waals surface area contributed by atoms with E-state index in [1.54, 1.807) is 43.4 Å². The molecule has 6 nitrogen and oxygen atoms in total. The zero-order valence-corrected chi connectivity index (χ0v) is 15.5. The Morgan fingerprint density at radius 1 is 1.08 bits per heavy atom. The number of nitrogens with zero attached hydrogens (tertiary/aromatic N) is 1. The third kappa shape index (κ3) is 4.75. The molecule has 26 heavy (non-hydrogen) atoms. The molecule has 138 valence electrons. The van der Waals surface area contributed by atoms with Crippen molar-refractivity contribution in [3.8, 4) is 11.5 Å². The number of carbonyl (C=O) groups excluding carboxylic acids is 2. The van der Waals surface area contributed by atoms with Gasteiger partial charge in [0.2, 0.25) is 5.91 Å². The van der Waals surface area contributed by atoms with Gasteiger partial charge in [-0.3, -0.25) is 9.59 Å². The molecule has 2 aromatic carbocycles. The minimum atomic E-state index is -0.171. The number of anilines is 1. The van der Waals surface area contributed by atoms with Crippen molar-refractivity contribution in [3.63, 3.8) is 0 Å². The Kier molecular flexibility index (Phi) is 6.60. The summed E-state index contributed by atoms with van der Waals surface area (Å²) in [6, 6.07) is 12.6. The van der Waals surface area contributed by atoms with Crippen molar-refractivity contribution in [2.75, 3.05) is 32.2 Å². The van der Waals surface area contributed by atoms with Gasteiger partial charge in [-0.2, -0.15) is 0 Å². The number of hydrogen-bond acceptors (Lipinski definition) is 4. The molecule has 0 unspecified atom stereocenters. The van der Waals surface area contributed by atoms with Crippen LogP contribution < -0.4 is 19.7 Å². The van der Waals surface area contributed by atoms with Gasteiger partial charge in [-0.05, 0) is 31.2 Å². The number of benzene rings is 2. The molecule has 0 aliphatic rings. The molecule has 0 saturated heterocycles. The lowest BCUT2D eigenvalue weighted by Gasteiger charge is -2.24. The van der Waals surface area contributed by atoms with Crippen LogP contribution in [0, 0.1) is 6.92 Å². The van der Waals surface area contributed by atoms with Crippen molar-refractivity contribution < 1.29 is 19.1 Å². The fourth-order valence-electron chi connectivity index (χ4n) is 2.62. The van der Waals surface area contributed by atoms with E-state index in [0.717, 1.165) is 5.56 Å². The van der Waals surface area contributed by atoms with E-state index in [0.29, 0.717) is 35.8 Å². The Morgan fingerprint density at radius 2 is 1.85 bits per heavy atom. The average Bonchev–Trinajstić information content (AvgIpc) is 2.64. The molecule has 2 amide bonds. The summed E-state index contributed by atoms with van der Waals surface area (Å²) >= 11 is 0. The van der Waals surface area contributed by atoms with Crippen LogP contribution in [0.4, 0.5) is 5.69 Å². The van der Waals surface area contributed by atoms with Crippen LogP contribution in [-0.4, -0.2) is 39.1 Å². The zero-order chi connectivity index (χ0) is 19.1. The van der Waals surface area contributed by atoms with Crippen LogP contribution in [-0.2, 0) is 4.79 Å². The first kappa shape index (κ1) is 19.3. The van der Waals surface area contributed by atoms with Gasteiger partial charge in [0.15, 0.2) is 0 Å². The first-order valence-electron chi connectivity index (χ1n) is 8.31. The summed E-state index contributed by atoms with van der Waals surface area (Å²) in [5.41, 5.74) is 2.21. The molecule has 1 N–H and O–H groups in total. The van der Waals surface area contributed by atoms with E-state index >= 15 is 0 Å². The molecule has 0 heterocycles. The van der Waals surface area contributed by atoms with Crippen molar-refractivity contribution in [2.24, 2.45) is 0 Å². The van der Waals surface area contributed by atoms with Crippen molar-refractivity contribution in [2.45, 2.75) is 13.8 Å². The van der Waals surface area contributed by atoms with Crippen LogP contribution in [0.5, 0.6) is 11.5 Å². The summed E-state index contributed by atoms with van der Waals surface area (Å²) in [6.45, 7) is 4.04. The monoisotopic (exact) mass is 356 g/mol. The molecule has 0 radical (unpaired) electrons. The second-order valence-electron chi connectivity index (χ2n) is 5.83. The summed E-state index contributed by atoms with van der Waals surface area (Å²) in [6.07, 6.45) is 0. The van der Waals surface area contributed by atoms with E-state index in [1.165, 1.54) is 6.92 Å². The van der Waals surface area contributed by atoms with Gasteiger partial charge in [0.1, 0.15) is 11.5 Å². The van der Waals surface area contributed by atoms with E-state index in [1.807, 2.05) is 25.1 Å². The smallest absolute Gasteiger partial charge is 0.251 e. The zero-order valence-electron chi connectivity index (χ0n) is 15.5. The van der Waals surface area contributed by atoms with Crippen molar-refractivity contribution in [3.05, 3.63) is 53.6 Å². The molecular weight excluding hydrogens is 332 g/mol. The summed E-state index contributed by atoms with van der Waals surface area (Å²) in [7, 11) is 3.11. The van der Waals surface area contributed by atoms with Gasteiger partial charge in [-0.1, -0.05) is 17.7 Å². The molecule has 2 aromatic rings. The van der Waals surface area contributed by atoms with Crippen LogP contribution in [0.2, 0.25) is 0 Å². The molecule has 6 heteroatoms. The summed E-state index contributed by atoms with van der Waals surface area (Å²) in [5.74, 6) is 0.859. The number of aryl methyl sites for hydroxylation is 1. The molecule has 0 aliphatic heterocycles. The van der Waals surface area contributed by atoms with Crippen LogP contribution >= 0.6 is 0 Å². The normalized spacial score (nSPS) is 10.2. The molecule has 0 fully saturated rings. The number of amides is 2. The van der Waals surface area contributed by atoms with Gasteiger partial charge >= 0.3 is 0 Å². The Bertz CT molecular complexity index is 789. The molecular formula is C20H24N2O4. The van der Waals surface area contributed by atoms with Crippen LogP contribution in [0.3, 0.4) is 0 Å². The Morgan fingerprint density at radius 3 is 2.46 bits per heavy atom. The molecule has 0 aromatic heterocycles. The van der Waals surface area contributed by atoms with Crippen LogP contribution in [0.15, 0.2) is 42.5 Å². The van der Waals surface area contributed by atoms with Crippen molar-refractivity contribution >= 4 is 17.5 Å². The fourth-order valence-corrected chi connectivity index (χ4v) is 2.62. The summed E-state index contributed by atoms with van der Waals surface area (Å²) in [5, 5.41) is 2.84. The number of methoxy groups -OCH3 is 2.